The first kappa shape index (κ1) is 16.7. The SMILES string of the molecule is COC(=O)C1=CO[C@@H](C)[C@@H]2CN3CCc4c([nH]c5ccc(O)cc45)[C@@H]3C[C@H]12. The summed E-state index contributed by atoms with van der Waals surface area (Å²) in [6.07, 6.45) is 3.53. The summed E-state index contributed by atoms with van der Waals surface area (Å²) in [6.45, 7) is 3.97. The molecular formula is C21H24N2O4. The number of phenolic OH excluding ortho intramolecular Hbond substituents is 1. The highest BCUT2D eigenvalue weighted by Crippen LogP contribution is 2.47. The van der Waals surface area contributed by atoms with Crippen LogP contribution in [0.1, 0.15) is 30.6 Å². The van der Waals surface area contributed by atoms with Gasteiger partial charge in [0.05, 0.1) is 31.1 Å². The van der Waals surface area contributed by atoms with Gasteiger partial charge in [0, 0.05) is 41.5 Å². The lowest BCUT2D eigenvalue weighted by Crippen LogP contribution is -2.51. The Hall–Kier alpha value is -2.47. The molecule has 0 unspecified atom stereocenters. The Kier molecular flexibility index (Phi) is 3.72. The van der Waals surface area contributed by atoms with Gasteiger partial charge in [-0.25, -0.2) is 4.79 Å². The maximum absolute atomic E-state index is 12.3. The van der Waals surface area contributed by atoms with Crippen molar-refractivity contribution in [3.05, 3.63) is 41.3 Å². The second-order valence-corrected chi connectivity index (χ2v) is 7.92. The number of H-pyrrole nitrogens is 1. The highest BCUT2D eigenvalue weighted by atomic mass is 16.5. The van der Waals surface area contributed by atoms with Crippen molar-refractivity contribution in [2.24, 2.45) is 11.8 Å². The van der Waals surface area contributed by atoms with E-state index in [1.807, 2.05) is 12.1 Å². The number of rotatable bonds is 1. The van der Waals surface area contributed by atoms with Gasteiger partial charge >= 0.3 is 5.97 Å². The number of fused-ring (bicyclic) bond motifs is 6. The zero-order valence-corrected chi connectivity index (χ0v) is 15.6. The number of aromatic nitrogens is 1. The van der Waals surface area contributed by atoms with Crippen LogP contribution in [0.5, 0.6) is 5.75 Å². The molecule has 1 aromatic carbocycles. The Morgan fingerprint density at radius 3 is 3.07 bits per heavy atom. The molecule has 0 spiro atoms. The van der Waals surface area contributed by atoms with Crippen LogP contribution >= 0.6 is 0 Å². The third kappa shape index (κ3) is 2.46. The van der Waals surface area contributed by atoms with Crippen LogP contribution in [-0.2, 0) is 20.7 Å². The maximum Gasteiger partial charge on any atom is 0.337 e. The van der Waals surface area contributed by atoms with Gasteiger partial charge in [0.15, 0.2) is 0 Å². The highest BCUT2D eigenvalue weighted by molar-refractivity contribution is 5.89. The number of carbonyl (C=O) groups is 1. The average Bonchev–Trinajstić information content (AvgIpc) is 3.05. The van der Waals surface area contributed by atoms with Gasteiger partial charge in [-0.2, -0.15) is 0 Å². The number of aromatic amines is 1. The van der Waals surface area contributed by atoms with E-state index in [1.54, 1.807) is 12.3 Å². The summed E-state index contributed by atoms with van der Waals surface area (Å²) in [5.74, 6) is 0.427. The van der Waals surface area contributed by atoms with Gasteiger partial charge in [0.25, 0.3) is 0 Å². The fraction of sp³-hybridized carbons (Fsp3) is 0.476. The Morgan fingerprint density at radius 1 is 1.41 bits per heavy atom. The minimum atomic E-state index is -0.289. The van der Waals surface area contributed by atoms with Gasteiger partial charge in [-0.05, 0) is 43.5 Å². The molecular weight excluding hydrogens is 344 g/mol. The fourth-order valence-electron chi connectivity index (χ4n) is 5.22. The molecule has 4 atom stereocenters. The number of carbonyl (C=O) groups excluding carboxylic acids is 1. The van der Waals surface area contributed by atoms with Crippen LogP contribution in [0.4, 0.5) is 0 Å². The number of nitrogens with zero attached hydrogens (tertiary/aromatic N) is 1. The van der Waals surface area contributed by atoms with Crippen LogP contribution < -0.4 is 0 Å². The van der Waals surface area contributed by atoms with Crippen molar-refractivity contribution < 1.29 is 19.4 Å². The maximum atomic E-state index is 12.3. The molecule has 27 heavy (non-hydrogen) atoms. The van der Waals surface area contributed by atoms with Gasteiger partial charge in [0.1, 0.15) is 5.75 Å². The van der Waals surface area contributed by atoms with Crippen molar-refractivity contribution >= 4 is 16.9 Å². The molecule has 2 aromatic rings. The Morgan fingerprint density at radius 2 is 2.26 bits per heavy atom. The topological polar surface area (TPSA) is 74.8 Å². The van der Waals surface area contributed by atoms with Crippen molar-refractivity contribution in [2.75, 3.05) is 20.2 Å². The van der Waals surface area contributed by atoms with E-state index < -0.39 is 0 Å². The van der Waals surface area contributed by atoms with Gasteiger partial charge in [0.2, 0.25) is 0 Å². The molecule has 6 nitrogen and oxygen atoms in total. The second-order valence-electron chi connectivity index (χ2n) is 7.92. The first-order valence-electron chi connectivity index (χ1n) is 9.58. The van der Waals surface area contributed by atoms with Crippen LogP contribution in [0.15, 0.2) is 30.0 Å². The number of hydrogen-bond acceptors (Lipinski definition) is 5. The molecule has 0 radical (unpaired) electrons. The second kappa shape index (κ2) is 6.02. The van der Waals surface area contributed by atoms with Crippen LogP contribution in [0.25, 0.3) is 10.9 Å². The molecule has 3 aliphatic rings. The molecule has 0 bridgehead atoms. The number of esters is 1. The molecule has 2 N–H and O–H groups in total. The van der Waals surface area contributed by atoms with E-state index >= 15 is 0 Å². The molecule has 6 heteroatoms. The third-order valence-corrected chi connectivity index (χ3v) is 6.62. The van der Waals surface area contributed by atoms with Gasteiger partial charge in [-0.3, -0.25) is 4.90 Å². The lowest BCUT2D eigenvalue weighted by molar-refractivity contribution is -0.139. The van der Waals surface area contributed by atoms with Crippen LogP contribution in [0.3, 0.4) is 0 Å². The van der Waals surface area contributed by atoms with Gasteiger partial charge in [-0.15, -0.1) is 0 Å². The number of hydrogen-bond donors (Lipinski definition) is 2. The number of phenols is 1. The summed E-state index contributed by atoms with van der Waals surface area (Å²) in [5.41, 5.74) is 4.24. The Bertz CT molecular complexity index is 947. The van der Waals surface area contributed by atoms with E-state index in [2.05, 4.69) is 16.8 Å². The first-order valence-corrected chi connectivity index (χ1v) is 9.58. The van der Waals surface area contributed by atoms with Crippen LogP contribution in [0.2, 0.25) is 0 Å². The van der Waals surface area contributed by atoms with Crippen molar-refractivity contribution in [1.82, 2.24) is 9.88 Å². The largest absolute Gasteiger partial charge is 0.508 e. The number of piperidine rings is 1. The molecule has 1 aromatic heterocycles. The quantitative estimate of drug-likeness (QED) is 0.757. The smallest absolute Gasteiger partial charge is 0.337 e. The van der Waals surface area contributed by atoms with Crippen molar-refractivity contribution in [3.63, 3.8) is 0 Å². The van der Waals surface area contributed by atoms with E-state index in [4.69, 9.17) is 9.47 Å². The van der Waals surface area contributed by atoms with Crippen LogP contribution in [0, 0.1) is 11.8 Å². The molecule has 4 heterocycles. The van der Waals surface area contributed by atoms with E-state index in [1.165, 1.54) is 18.4 Å². The minimum Gasteiger partial charge on any atom is -0.508 e. The molecule has 1 saturated heterocycles. The van der Waals surface area contributed by atoms with Gasteiger partial charge < -0.3 is 19.6 Å². The minimum absolute atomic E-state index is 0.0883. The lowest BCUT2D eigenvalue weighted by Gasteiger charge is -2.49. The molecule has 0 amide bonds. The summed E-state index contributed by atoms with van der Waals surface area (Å²) < 4.78 is 10.8. The molecule has 5 rings (SSSR count). The summed E-state index contributed by atoms with van der Waals surface area (Å²) in [5, 5.41) is 11.0. The first-order chi connectivity index (χ1) is 13.1. The van der Waals surface area contributed by atoms with E-state index in [0.717, 1.165) is 36.8 Å². The third-order valence-electron chi connectivity index (χ3n) is 6.62. The fourth-order valence-corrected chi connectivity index (χ4v) is 5.22. The van der Waals surface area contributed by atoms with E-state index in [9.17, 15) is 9.90 Å². The lowest BCUT2D eigenvalue weighted by atomic mass is 9.72. The number of nitrogens with one attached hydrogen (secondary N) is 1. The summed E-state index contributed by atoms with van der Waals surface area (Å²) in [4.78, 5) is 18.4. The van der Waals surface area contributed by atoms with E-state index in [0.29, 0.717) is 11.3 Å². The summed E-state index contributed by atoms with van der Waals surface area (Å²) in [7, 11) is 1.42. The predicted molar refractivity (Wildman–Crippen MR) is 100 cm³/mol. The van der Waals surface area contributed by atoms with Gasteiger partial charge in [-0.1, -0.05) is 0 Å². The number of aromatic hydroxyl groups is 1. The molecule has 0 aliphatic carbocycles. The van der Waals surface area contributed by atoms with Crippen LogP contribution in [-0.4, -0.2) is 47.3 Å². The Balaban J connectivity index is 1.55. The molecule has 1 fully saturated rings. The molecule has 142 valence electrons. The van der Waals surface area contributed by atoms with Crippen molar-refractivity contribution in [2.45, 2.75) is 31.9 Å². The number of methoxy groups -OCH3 is 1. The zero-order valence-electron chi connectivity index (χ0n) is 15.6. The summed E-state index contributed by atoms with van der Waals surface area (Å²) >= 11 is 0. The summed E-state index contributed by atoms with van der Waals surface area (Å²) in [6, 6.07) is 5.75. The highest BCUT2D eigenvalue weighted by Gasteiger charge is 2.46. The zero-order chi connectivity index (χ0) is 18.7. The number of ether oxygens (including phenoxy) is 2. The number of benzene rings is 1. The normalized spacial score (nSPS) is 29.9. The predicted octanol–water partition coefficient (Wildman–Crippen LogP) is 2.88. The van der Waals surface area contributed by atoms with Crippen molar-refractivity contribution in [1.29, 1.82) is 0 Å². The standard InChI is InChI=1S/C21H24N2O4/c1-11-16-9-23-6-5-13-15-7-12(24)3-4-18(15)22-20(13)19(23)8-14(16)17(10-27-11)21(25)26-2/h3-4,7,10-11,14,16,19,22,24H,5-6,8-9H2,1-2H3/t11-,14-,16-,19-/m0/s1. The molecule has 0 saturated carbocycles. The average molecular weight is 368 g/mol. The van der Waals surface area contributed by atoms with Crippen molar-refractivity contribution in [3.8, 4) is 5.75 Å². The van der Waals surface area contributed by atoms with E-state index in [-0.39, 0.29) is 30.0 Å². The Labute approximate surface area is 157 Å². The monoisotopic (exact) mass is 368 g/mol. The molecule has 3 aliphatic heterocycles.